The van der Waals surface area contributed by atoms with E-state index >= 15 is 0 Å². The minimum Gasteiger partial charge on any atom is -0.476 e. The van der Waals surface area contributed by atoms with E-state index in [9.17, 15) is 9.59 Å². The molecular weight excluding hydrogens is 202 g/mol. The Morgan fingerprint density at radius 2 is 2.13 bits per heavy atom. The number of imidazole rings is 1. The summed E-state index contributed by atoms with van der Waals surface area (Å²) in [6.45, 7) is 1.53. The standard InChI is InChI=1S/C7H7N5O3/c1-3-8-4(6(13)14)5-9-10-11(2)7(15)12(3)5/h1-2H3,(H,13,14). The van der Waals surface area contributed by atoms with Crippen LogP contribution in [-0.4, -0.2) is 35.5 Å². The van der Waals surface area contributed by atoms with E-state index < -0.39 is 11.7 Å². The van der Waals surface area contributed by atoms with Gasteiger partial charge in [0, 0.05) is 7.05 Å². The number of fused-ring (bicyclic) bond motifs is 1. The lowest BCUT2D eigenvalue weighted by Crippen LogP contribution is -2.28. The smallest absolute Gasteiger partial charge is 0.358 e. The molecule has 15 heavy (non-hydrogen) atoms. The van der Waals surface area contributed by atoms with Crippen LogP contribution in [0.5, 0.6) is 0 Å². The van der Waals surface area contributed by atoms with Crippen LogP contribution in [0.25, 0.3) is 5.65 Å². The summed E-state index contributed by atoms with van der Waals surface area (Å²) in [5.41, 5.74) is -0.779. The van der Waals surface area contributed by atoms with Crippen LogP contribution in [-0.2, 0) is 7.05 Å². The molecule has 0 saturated carbocycles. The molecule has 0 aliphatic rings. The van der Waals surface area contributed by atoms with Crippen LogP contribution in [0.3, 0.4) is 0 Å². The van der Waals surface area contributed by atoms with Crippen LogP contribution in [0.15, 0.2) is 4.79 Å². The van der Waals surface area contributed by atoms with Crippen LogP contribution in [0.1, 0.15) is 16.3 Å². The Bertz CT molecular complexity index is 611. The number of rotatable bonds is 1. The summed E-state index contributed by atoms with van der Waals surface area (Å²) < 4.78 is 2.11. The van der Waals surface area contributed by atoms with Gasteiger partial charge < -0.3 is 5.11 Å². The Morgan fingerprint density at radius 3 is 2.73 bits per heavy atom. The molecule has 0 spiro atoms. The number of aromatic nitrogens is 5. The lowest BCUT2D eigenvalue weighted by Gasteiger charge is -1.96. The van der Waals surface area contributed by atoms with Crippen molar-refractivity contribution in [2.45, 2.75) is 6.92 Å². The molecule has 8 nitrogen and oxygen atoms in total. The molecule has 1 N–H and O–H groups in total. The van der Waals surface area contributed by atoms with Crippen molar-refractivity contribution in [3.8, 4) is 0 Å². The van der Waals surface area contributed by atoms with Gasteiger partial charge in [0.2, 0.25) is 0 Å². The highest BCUT2D eigenvalue weighted by atomic mass is 16.4. The lowest BCUT2D eigenvalue weighted by molar-refractivity contribution is 0.0693. The lowest BCUT2D eigenvalue weighted by atomic mass is 10.5. The molecule has 0 aromatic carbocycles. The number of aryl methyl sites for hydroxylation is 2. The molecule has 0 saturated heterocycles. The monoisotopic (exact) mass is 209 g/mol. The van der Waals surface area contributed by atoms with Crippen LogP contribution in [0.2, 0.25) is 0 Å². The number of hydrogen-bond acceptors (Lipinski definition) is 5. The van der Waals surface area contributed by atoms with Crippen molar-refractivity contribution < 1.29 is 9.90 Å². The summed E-state index contributed by atoms with van der Waals surface area (Å²) in [5.74, 6) is -0.957. The molecule has 0 fully saturated rings. The third-order valence-corrected chi connectivity index (χ3v) is 1.97. The molecule has 0 aliphatic heterocycles. The van der Waals surface area contributed by atoms with Gasteiger partial charge in [0.15, 0.2) is 11.3 Å². The number of carboxylic acid groups (broad SMARTS) is 1. The highest BCUT2D eigenvalue weighted by Crippen LogP contribution is 2.05. The Balaban J connectivity index is 2.99. The maximum atomic E-state index is 11.6. The Morgan fingerprint density at radius 1 is 1.47 bits per heavy atom. The van der Waals surface area contributed by atoms with E-state index in [1.165, 1.54) is 14.0 Å². The quantitative estimate of drug-likeness (QED) is 0.634. The number of hydrogen-bond donors (Lipinski definition) is 1. The molecule has 2 rings (SSSR count). The van der Waals surface area contributed by atoms with Crippen molar-refractivity contribution in [1.29, 1.82) is 0 Å². The van der Waals surface area contributed by atoms with E-state index in [1.807, 2.05) is 0 Å². The van der Waals surface area contributed by atoms with Crippen molar-refractivity contribution in [2.75, 3.05) is 0 Å². The number of carboxylic acids is 1. The average Bonchev–Trinajstić information content (AvgIpc) is 2.50. The molecule has 0 atom stereocenters. The van der Waals surface area contributed by atoms with E-state index in [0.29, 0.717) is 0 Å². The van der Waals surface area contributed by atoms with Gasteiger partial charge in [-0.1, -0.05) is 5.21 Å². The SMILES string of the molecule is Cc1nc(C(=O)O)c2nnn(C)c(=O)n12. The largest absolute Gasteiger partial charge is 0.476 e. The molecule has 2 heterocycles. The van der Waals surface area contributed by atoms with E-state index in [4.69, 9.17) is 5.11 Å². The molecular formula is C7H7N5O3. The molecule has 2 aromatic heterocycles. The van der Waals surface area contributed by atoms with Gasteiger partial charge in [0.25, 0.3) is 0 Å². The fourth-order valence-electron chi connectivity index (χ4n) is 1.28. The molecule has 2 aromatic rings. The number of aromatic carboxylic acids is 1. The summed E-state index contributed by atoms with van der Waals surface area (Å²) in [5, 5.41) is 15.9. The van der Waals surface area contributed by atoms with E-state index in [-0.39, 0.29) is 17.2 Å². The average molecular weight is 209 g/mol. The van der Waals surface area contributed by atoms with Gasteiger partial charge in [-0.25, -0.2) is 19.0 Å². The van der Waals surface area contributed by atoms with Gasteiger partial charge in [-0.3, -0.25) is 0 Å². The van der Waals surface area contributed by atoms with E-state index in [2.05, 4.69) is 15.3 Å². The van der Waals surface area contributed by atoms with Crippen LogP contribution >= 0.6 is 0 Å². The van der Waals surface area contributed by atoms with E-state index in [1.54, 1.807) is 0 Å². The van der Waals surface area contributed by atoms with Crippen molar-refractivity contribution in [3.63, 3.8) is 0 Å². The first-order valence-corrected chi connectivity index (χ1v) is 4.04. The normalized spacial score (nSPS) is 10.8. The summed E-state index contributed by atoms with van der Waals surface area (Å²) in [7, 11) is 1.43. The first kappa shape index (κ1) is 9.31. The molecule has 0 amide bonds. The van der Waals surface area contributed by atoms with Gasteiger partial charge in [-0.15, -0.1) is 5.10 Å². The maximum Gasteiger partial charge on any atom is 0.358 e. The summed E-state index contributed by atoms with van der Waals surface area (Å²) in [4.78, 5) is 26.1. The fraction of sp³-hybridized carbons (Fsp3) is 0.286. The van der Waals surface area contributed by atoms with Gasteiger partial charge in [0.05, 0.1) is 0 Å². The molecule has 0 radical (unpaired) electrons. The van der Waals surface area contributed by atoms with Gasteiger partial charge in [-0.05, 0) is 6.92 Å². The van der Waals surface area contributed by atoms with Crippen LogP contribution < -0.4 is 5.69 Å². The van der Waals surface area contributed by atoms with Gasteiger partial charge in [0.1, 0.15) is 5.82 Å². The maximum absolute atomic E-state index is 11.6. The van der Waals surface area contributed by atoms with Crippen molar-refractivity contribution in [1.82, 2.24) is 24.4 Å². The van der Waals surface area contributed by atoms with E-state index in [0.717, 1.165) is 9.08 Å². The van der Waals surface area contributed by atoms with Gasteiger partial charge >= 0.3 is 11.7 Å². The van der Waals surface area contributed by atoms with Crippen molar-refractivity contribution in [3.05, 3.63) is 22.0 Å². The predicted molar refractivity (Wildman–Crippen MR) is 47.7 cm³/mol. The Labute approximate surface area is 82.8 Å². The molecule has 0 bridgehead atoms. The first-order chi connectivity index (χ1) is 7.02. The summed E-state index contributed by atoms with van der Waals surface area (Å²) in [6, 6.07) is 0. The van der Waals surface area contributed by atoms with Crippen LogP contribution in [0, 0.1) is 6.92 Å². The first-order valence-electron chi connectivity index (χ1n) is 4.04. The zero-order valence-corrected chi connectivity index (χ0v) is 8.00. The molecule has 0 aliphatic carbocycles. The Hall–Kier alpha value is -2.25. The van der Waals surface area contributed by atoms with Gasteiger partial charge in [-0.2, -0.15) is 4.68 Å². The summed E-state index contributed by atoms with van der Waals surface area (Å²) >= 11 is 0. The zero-order valence-electron chi connectivity index (χ0n) is 8.00. The fourth-order valence-corrected chi connectivity index (χ4v) is 1.28. The Kier molecular flexibility index (Phi) is 1.78. The minimum absolute atomic E-state index is 0.0388. The second-order valence-corrected chi connectivity index (χ2v) is 2.97. The van der Waals surface area contributed by atoms with Crippen molar-refractivity contribution >= 4 is 11.6 Å². The third kappa shape index (κ3) is 1.18. The number of carbonyl (C=O) groups is 1. The zero-order chi connectivity index (χ0) is 11.2. The predicted octanol–water partition coefficient (Wildman–Crippen LogP) is -1.17. The molecule has 8 heteroatoms. The molecule has 0 unspecified atom stereocenters. The third-order valence-electron chi connectivity index (χ3n) is 1.97. The minimum atomic E-state index is -1.23. The second kappa shape index (κ2) is 2.87. The second-order valence-electron chi connectivity index (χ2n) is 2.97. The highest BCUT2D eigenvalue weighted by molar-refractivity contribution is 5.92. The molecule has 78 valence electrons. The number of nitrogens with zero attached hydrogens (tertiary/aromatic N) is 5. The highest BCUT2D eigenvalue weighted by Gasteiger charge is 2.18. The van der Waals surface area contributed by atoms with Crippen LogP contribution in [0.4, 0.5) is 0 Å². The van der Waals surface area contributed by atoms with Crippen molar-refractivity contribution in [2.24, 2.45) is 7.05 Å². The summed E-state index contributed by atoms with van der Waals surface area (Å²) in [6.07, 6.45) is 0. The topological polar surface area (TPSA) is 102 Å².